The third kappa shape index (κ3) is 2.63. The molecule has 16 heavy (non-hydrogen) atoms. The molecule has 0 saturated heterocycles. The van der Waals surface area contributed by atoms with Gasteiger partial charge in [-0.25, -0.2) is 0 Å². The van der Waals surface area contributed by atoms with Gasteiger partial charge in [-0.05, 0) is 29.3 Å². The van der Waals surface area contributed by atoms with E-state index in [1.807, 2.05) is 18.5 Å². The maximum Gasteiger partial charge on any atom is 0.0766 e. The summed E-state index contributed by atoms with van der Waals surface area (Å²) in [7, 11) is 0. The van der Waals surface area contributed by atoms with Gasteiger partial charge in [0.25, 0.3) is 0 Å². The summed E-state index contributed by atoms with van der Waals surface area (Å²) < 4.78 is 2.87. The third-order valence-electron chi connectivity index (χ3n) is 2.54. The summed E-state index contributed by atoms with van der Waals surface area (Å²) in [5.74, 6) is -0.358. The van der Waals surface area contributed by atoms with Crippen LogP contribution in [0.2, 0.25) is 0 Å². The number of nitrogens with zero attached hydrogens (tertiary/aromatic N) is 3. The number of aliphatic hydroxyl groups is 1. The number of aromatic nitrogens is 2. The zero-order valence-corrected chi connectivity index (χ0v) is 11.2. The Morgan fingerprint density at radius 2 is 2.25 bits per heavy atom. The quantitative estimate of drug-likeness (QED) is 0.899. The van der Waals surface area contributed by atoms with E-state index in [1.54, 1.807) is 0 Å². The Morgan fingerprint density at radius 1 is 1.56 bits per heavy atom. The number of rotatable bonds is 5. The average molecular weight is 286 g/mol. The topological polar surface area (TPSA) is 61.8 Å². The maximum absolute atomic E-state index is 9.04. The highest BCUT2D eigenvalue weighted by molar-refractivity contribution is 9.10. The summed E-state index contributed by atoms with van der Waals surface area (Å²) in [6, 6.07) is 2.09. The van der Waals surface area contributed by atoms with Crippen LogP contribution in [0.25, 0.3) is 0 Å². The Balaban J connectivity index is 3.02. The van der Waals surface area contributed by atoms with Gasteiger partial charge in [-0.3, -0.25) is 4.68 Å². The van der Waals surface area contributed by atoms with Gasteiger partial charge < -0.3 is 5.11 Å². The van der Waals surface area contributed by atoms with Gasteiger partial charge in [0.15, 0.2) is 0 Å². The zero-order valence-electron chi connectivity index (χ0n) is 9.57. The smallest absolute Gasteiger partial charge is 0.0766 e. The lowest BCUT2D eigenvalue weighted by atomic mass is 10.1. The molecule has 1 rings (SSSR count). The molecule has 0 amide bonds. The molecule has 1 heterocycles. The van der Waals surface area contributed by atoms with Crippen LogP contribution in [0.1, 0.15) is 25.2 Å². The Hall–Kier alpha value is -0.860. The number of aryl methyl sites for hydroxylation is 2. The van der Waals surface area contributed by atoms with Crippen LogP contribution in [0, 0.1) is 17.2 Å². The minimum atomic E-state index is -0.358. The Morgan fingerprint density at radius 3 is 2.69 bits per heavy atom. The molecular weight excluding hydrogens is 270 g/mol. The summed E-state index contributed by atoms with van der Waals surface area (Å²) in [6.07, 6.45) is 1.39. The first-order valence-corrected chi connectivity index (χ1v) is 6.21. The van der Waals surface area contributed by atoms with Gasteiger partial charge >= 0.3 is 0 Å². The molecule has 4 nitrogen and oxygen atoms in total. The van der Waals surface area contributed by atoms with Crippen molar-refractivity contribution in [2.75, 3.05) is 6.61 Å². The molecule has 1 aromatic rings. The first-order chi connectivity index (χ1) is 7.67. The van der Waals surface area contributed by atoms with E-state index in [9.17, 15) is 0 Å². The molecule has 1 unspecified atom stereocenters. The van der Waals surface area contributed by atoms with E-state index in [0.717, 1.165) is 28.8 Å². The Bertz CT molecular complexity index is 395. The maximum atomic E-state index is 9.04. The predicted octanol–water partition coefficient (Wildman–Crippen LogP) is 1.90. The highest BCUT2D eigenvalue weighted by atomic mass is 79.9. The average Bonchev–Trinajstić information content (AvgIpc) is 2.62. The van der Waals surface area contributed by atoms with Crippen LogP contribution in [-0.4, -0.2) is 21.5 Å². The van der Waals surface area contributed by atoms with Gasteiger partial charge in [0.1, 0.15) is 0 Å². The van der Waals surface area contributed by atoms with Crippen LogP contribution in [0.5, 0.6) is 0 Å². The summed E-state index contributed by atoms with van der Waals surface area (Å²) >= 11 is 3.52. The molecule has 0 aliphatic rings. The minimum absolute atomic E-state index is 0.112. The van der Waals surface area contributed by atoms with Crippen molar-refractivity contribution in [2.24, 2.45) is 5.92 Å². The lowest BCUT2D eigenvalue weighted by Crippen LogP contribution is -2.12. The summed E-state index contributed by atoms with van der Waals surface area (Å²) in [5, 5.41) is 22.3. The van der Waals surface area contributed by atoms with Gasteiger partial charge in [0.05, 0.1) is 34.5 Å². The van der Waals surface area contributed by atoms with E-state index in [0.29, 0.717) is 6.42 Å². The van der Waals surface area contributed by atoms with E-state index >= 15 is 0 Å². The second-order valence-electron chi connectivity index (χ2n) is 3.59. The van der Waals surface area contributed by atoms with Crippen molar-refractivity contribution in [3.63, 3.8) is 0 Å². The van der Waals surface area contributed by atoms with E-state index in [1.165, 1.54) is 0 Å². The second kappa shape index (κ2) is 6.02. The fourth-order valence-electron chi connectivity index (χ4n) is 1.60. The van der Waals surface area contributed by atoms with Gasteiger partial charge in [-0.1, -0.05) is 6.92 Å². The molecule has 1 atom stereocenters. The van der Waals surface area contributed by atoms with E-state index in [4.69, 9.17) is 10.4 Å². The van der Waals surface area contributed by atoms with Gasteiger partial charge in [0, 0.05) is 13.0 Å². The Labute approximate surface area is 104 Å². The first-order valence-electron chi connectivity index (χ1n) is 5.42. The zero-order chi connectivity index (χ0) is 12.1. The molecule has 0 fully saturated rings. The molecule has 0 saturated carbocycles. The van der Waals surface area contributed by atoms with Crippen molar-refractivity contribution in [2.45, 2.75) is 33.2 Å². The number of aliphatic hydroxyl groups excluding tert-OH is 1. The van der Waals surface area contributed by atoms with Gasteiger partial charge in [0.2, 0.25) is 0 Å². The van der Waals surface area contributed by atoms with Crippen molar-refractivity contribution in [3.05, 3.63) is 15.9 Å². The molecule has 0 aliphatic carbocycles. The number of nitriles is 1. The molecule has 5 heteroatoms. The molecule has 0 aromatic carbocycles. The van der Waals surface area contributed by atoms with E-state index in [-0.39, 0.29) is 12.5 Å². The normalized spacial score (nSPS) is 12.4. The SMILES string of the molecule is CCc1nn(CC)c(CC(C#N)CO)c1Br. The van der Waals surface area contributed by atoms with Crippen LogP contribution in [-0.2, 0) is 19.4 Å². The van der Waals surface area contributed by atoms with Crippen LogP contribution < -0.4 is 0 Å². The highest BCUT2D eigenvalue weighted by Crippen LogP contribution is 2.24. The summed E-state index contributed by atoms with van der Waals surface area (Å²) in [4.78, 5) is 0. The molecule has 0 bridgehead atoms. The minimum Gasteiger partial charge on any atom is -0.395 e. The molecule has 88 valence electrons. The summed E-state index contributed by atoms with van der Waals surface area (Å²) in [5.41, 5.74) is 2.01. The van der Waals surface area contributed by atoms with E-state index in [2.05, 4.69) is 27.1 Å². The van der Waals surface area contributed by atoms with Crippen molar-refractivity contribution in [3.8, 4) is 6.07 Å². The molecule has 1 aromatic heterocycles. The molecule has 0 aliphatic heterocycles. The largest absolute Gasteiger partial charge is 0.395 e. The van der Waals surface area contributed by atoms with Crippen molar-refractivity contribution in [1.29, 1.82) is 5.26 Å². The second-order valence-corrected chi connectivity index (χ2v) is 4.38. The predicted molar refractivity (Wildman–Crippen MR) is 64.9 cm³/mol. The van der Waals surface area contributed by atoms with Gasteiger partial charge in [-0.2, -0.15) is 10.4 Å². The monoisotopic (exact) mass is 285 g/mol. The van der Waals surface area contributed by atoms with Crippen LogP contribution in [0.15, 0.2) is 4.47 Å². The molecule has 0 radical (unpaired) electrons. The fraction of sp³-hybridized carbons (Fsp3) is 0.636. The van der Waals surface area contributed by atoms with Crippen molar-refractivity contribution >= 4 is 15.9 Å². The lowest BCUT2D eigenvalue weighted by molar-refractivity contribution is 0.253. The number of halogens is 1. The molecular formula is C11H16BrN3O. The number of hydrogen-bond donors (Lipinski definition) is 1. The van der Waals surface area contributed by atoms with Gasteiger partial charge in [-0.15, -0.1) is 0 Å². The molecule has 1 N–H and O–H groups in total. The number of hydrogen-bond acceptors (Lipinski definition) is 3. The highest BCUT2D eigenvalue weighted by Gasteiger charge is 2.17. The fourth-order valence-corrected chi connectivity index (χ4v) is 2.32. The lowest BCUT2D eigenvalue weighted by Gasteiger charge is -2.08. The van der Waals surface area contributed by atoms with Crippen molar-refractivity contribution in [1.82, 2.24) is 9.78 Å². The third-order valence-corrected chi connectivity index (χ3v) is 3.45. The van der Waals surface area contributed by atoms with Crippen LogP contribution >= 0.6 is 15.9 Å². The first kappa shape index (κ1) is 13.2. The van der Waals surface area contributed by atoms with E-state index < -0.39 is 0 Å². The standard InChI is InChI=1S/C11H16BrN3O/c1-3-9-11(12)10(15(4-2)14-9)5-8(6-13)7-16/h8,16H,3-5,7H2,1-2H3. The Kier molecular flexibility index (Phi) is 4.97. The van der Waals surface area contributed by atoms with Crippen LogP contribution in [0.4, 0.5) is 0 Å². The van der Waals surface area contributed by atoms with Crippen LogP contribution in [0.3, 0.4) is 0 Å². The van der Waals surface area contributed by atoms with Crippen molar-refractivity contribution < 1.29 is 5.11 Å². The molecule has 0 spiro atoms. The summed E-state index contributed by atoms with van der Waals surface area (Å²) in [6.45, 7) is 4.73.